The molecule has 4 rings (SSSR count). The smallest absolute Gasteiger partial charge is 0.262 e. The van der Waals surface area contributed by atoms with Gasteiger partial charge in [0.1, 0.15) is 17.4 Å². The molecule has 1 amide bonds. The zero-order valence-electron chi connectivity index (χ0n) is 17.0. The van der Waals surface area contributed by atoms with E-state index in [0.717, 1.165) is 24.3 Å². The van der Waals surface area contributed by atoms with Crippen LogP contribution in [0.4, 0.5) is 20.2 Å². The highest BCUT2D eigenvalue weighted by atomic mass is 32.2. The Labute approximate surface area is 184 Å². The summed E-state index contributed by atoms with van der Waals surface area (Å²) in [6.45, 7) is 0. The number of amides is 1. The Balaban J connectivity index is 1.50. The molecule has 6 nitrogen and oxygen atoms in total. The van der Waals surface area contributed by atoms with Crippen molar-refractivity contribution in [3.05, 3.63) is 83.9 Å². The second-order valence-corrected chi connectivity index (χ2v) is 9.12. The first-order valence-electron chi connectivity index (χ1n) is 9.80. The van der Waals surface area contributed by atoms with Gasteiger partial charge in [0.15, 0.2) is 0 Å². The number of anilines is 2. The van der Waals surface area contributed by atoms with Gasteiger partial charge in [-0.15, -0.1) is 0 Å². The van der Waals surface area contributed by atoms with Crippen LogP contribution < -0.4 is 14.8 Å². The number of hydrogen-bond acceptors (Lipinski definition) is 4. The maximum absolute atomic E-state index is 14.0. The minimum atomic E-state index is -4.01. The van der Waals surface area contributed by atoms with Gasteiger partial charge in [-0.05, 0) is 66.4 Å². The fourth-order valence-corrected chi connectivity index (χ4v) is 4.58. The van der Waals surface area contributed by atoms with Gasteiger partial charge in [0, 0.05) is 11.6 Å². The van der Waals surface area contributed by atoms with Gasteiger partial charge in [0.2, 0.25) is 5.91 Å². The standard InChI is InChI=1S/C23H20F2N2O4S/c1-31-22-11-8-15(12-21(22)27-32(29,30)16-9-6-14(24)7-10-16)26-23(28)19-13-18(19)17-4-2-3-5-20(17)25/h2-12,18-19,27H,13H2,1H3,(H,26,28). The molecule has 0 radical (unpaired) electrons. The lowest BCUT2D eigenvalue weighted by Crippen LogP contribution is -2.16. The predicted molar refractivity (Wildman–Crippen MR) is 116 cm³/mol. The Bertz CT molecular complexity index is 1260. The average Bonchev–Trinajstić information content (AvgIpc) is 3.55. The summed E-state index contributed by atoms with van der Waals surface area (Å²) in [4.78, 5) is 12.5. The molecule has 0 aromatic heterocycles. The van der Waals surface area contributed by atoms with Crippen LogP contribution in [0, 0.1) is 17.6 Å². The third-order valence-electron chi connectivity index (χ3n) is 5.27. The molecule has 9 heteroatoms. The van der Waals surface area contributed by atoms with Crippen LogP contribution in [0.1, 0.15) is 17.9 Å². The second-order valence-electron chi connectivity index (χ2n) is 7.43. The van der Waals surface area contributed by atoms with E-state index in [4.69, 9.17) is 4.74 Å². The predicted octanol–water partition coefficient (Wildman–Crippen LogP) is 4.52. The highest BCUT2D eigenvalue weighted by molar-refractivity contribution is 7.92. The first kappa shape index (κ1) is 21.8. The number of benzene rings is 3. The van der Waals surface area contributed by atoms with Gasteiger partial charge in [-0.1, -0.05) is 18.2 Å². The van der Waals surface area contributed by atoms with Crippen LogP contribution in [0.5, 0.6) is 5.75 Å². The van der Waals surface area contributed by atoms with Gasteiger partial charge >= 0.3 is 0 Å². The molecule has 2 unspecified atom stereocenters. The highest BCUT2D eigenvalue weighted by Crippen LogP contribution is 2.48. The van der Waals surface area contributed by atoms with E-state index in [-0.39, 0.29) is 39.9 Å². The zero-order chi connectivity index (χ0) is 22.9. The fourth-order valence-electron chi connectivity index (χ4n) is 3.52. The van der Waals surface area contributed by atoms with Crippen molar-refractivity contribution in [2.45, 2.75) is 17.2 Å². The molecule has 2 N–H and O–H groups in total. The van der Waals surface area contributed by atoms with E-state index < -0.39 is 15.8 Å². The normalized spacial score (nSPS) is 17.5. The molecule has 166 valence electrons. The number of carbonyl (C=O) groups excluding carboxylic acids is 1. The summed E-state index contributed by atoms with van der Waals surface area (Å²) in [6, 6.07) is 15.3. The minimum Gasteiger partial charge on any atom is -0.495 e. The van der Waals surface area contributed by atoms with E-state index in [1.54, 1.807) is 24.3 Å². The molecule has 2 atom stereocenters. The van der Waals surface area contributed by atoms with Gasteiger partial charge < -0.3 is 10.1 Å². The first-order chi connectivity index (χ1) is 15.3. The number of hydrogen-bond donors (Lipinski definition) is 2. The van der Waals surface area contributed by atoms with Crippen LogP contribution in [0.25, 0.3) is 0 Å². The van der Waals surface area contributed by atoms with E-state index in [1.807, 2.05) is 0 Å². The van der Waals surface area contributed by atoms with Crippen molar-refractivity contribution in [3.8, 4) is 5.75 Å². The number of sulfonamides is 1. The highest BCUT2D eigenvalue weighted by Gasteiger charge is 2.45. The van der Waals surface area contributed by atoms with E-state index >= 15 is 0 Å². The monoisotopic (exact) mass is 458 g/mol. The average molecular weight is 458 g/mol. The molecule has 32 heavy (non-hydrogen) atoms. The van der Waals surface area contributed by atoms with Crippen LogP contribution in [0.15, 0.2) is 71.6 Å². The molecule has 0 saturated heterocycles. The van der Waals surface area contributed by atoms with Gasteiger partial charge in [-0.2, -0.15) is 0 Å². The van der Waals surface area contributed by atoms with Gasteiger partial charge in [0.25, 0.3) is 10.0 Å². The minimum absolute atomic E-state index is 0.107. The summed E-state index contributed by atoms with van der Waals surface area (Å²) < 4.78 is 60.0. The quantitative estimate of drug-likeness (QED) is 0.545. The molecule has 0 spiro atoms. The molecule has 3 aromatic rings. The molecular weight excluding hydrogens is 438 g/mol. The number of halogens is 2. The lowest BCUT2D eigenvalue weighted by molar-refractivity contribution is -0.117. The molecular formula is C23H20F2N2O4S. The molecule has 1 saturated carbocycles. The number of carbonyl (C=O) groups is 1. The maximum atomic E-state index is 14.0. The third-order valence-corrected chi connectivity index (χ3v) is 6.65. The van der Waals surface area contributed by atoms with Crippen LogP contribution >= 0.6 is 0 Å². The fraction of sp³-hybridized carbons (Fsp3) is 0.174. The Kier molecular flexibility index (Phi) is 5.84. The largest absolute Gasteiger partial charge is 0.495 e. The third kappa shape index (κ3) is 4.57. The lowest BCUT2D eigenvalue weighted by atomic mass is 10.1. The SMILES string of the molecule is COc1ccc(NC(=O)C2CC2c2ccccc2F)cc1NS(=O)(=O)c1ccc(F)cc1. The number of ether oxygens (including phenoxy) is 1. The number of methoxy groups -OCH3 is 1. The van der Waals surface area contributed by atoms with Crippen molar-refractivity contribution in [2.75, 3.05) is 17.1 Å². The zero-order valence-corrected chi connectivity index (χ0v) is 17.8. The van der Waals surface area contributed by atoms with Gasteiger partial charge in [-0.3, -0.25) is 9.52 Å². The Hall–Kier alpha value is -3.46. The topological polar surface area (TPSA) is 84.5 Å². The molecule has 3 aromatic carbocycles. The molecule has 0 aliphatic heterocycles. The summed E-state index contributed by atoms with van der Waals surface area (Å²) in [6.07, 6.45) is 0.535. The Morgan fingerprint density at radius 2 is 1.75 bits per heavy atom. The van der Waals surface area contributed by atoms with E-state index in [9.17, 15) is 22.0 Å². The van der Waals surface area contributed by atoms with E-state index in [1.165, 1.54) is 25.3 Å². The Morgan fingerprint density at radius 1 is 1.03 bits per heavy atom. The van der Waals surface area contributed by atoms with Crippen LogP contribution in [0.2, 0.25) is 0 Å². The van der Waals surface area contributed by atoms with Crippen molar-refractivity contribution < 1.29 is 26.7 Å². The molecule has 0 heterocycles. The molecule has 1 aliphatic rings. The second kappa shape index (κ2) is 8.58. The van der Waals surface area contributed by atoms with E-state index in [0.29, 0.717) is 17.7 Å². The van der Waals surface area contributed by atoms with Crippen molar-refractivity contribution in [3.63, 3.8) is 0 Å². The Morgan fingerprint density at radius 3 is 2.44 bits per heavy atom. The maximum Gasteiger partial charge on any atom is 0.262 e. The molecule has 0 bridgehead atoms. The molecule has 1 fully saturated rings. The van der Waals surface area contributed by atoms with Gasteiger partial charge in [0.05, 0.1) is 17.7 Å². The van der Waals surface area contributed by atoms with Crippen molar-refractivity contribution in [1.29, 1.82) is 0 Å². The van der Waals surface area contributed by atoms with Gasteiger partial charge in [-0.25, -0.2) is 17.2 Å². The van der Waals surface area contributed by atoms with Crippen LogP contribution in [-0.2, 0) is 14.8 Å². The van der Waals surface area contributed by atoms with E-state index in [2.05, 4.69) is 10.0 Å². The summed E-state index contributed by atoms with van der Waals surface area (Å²) in [5.41, 5.74) is 0.970. The lowest BCUT2D eigenvalue weighted by Gasteiger charge is -2.14. The summed E-state index contributed by atoms with van der Waals surface area (Å²) in [5.74, 6) is -1.49. The summed E-state index contributed by atoms with van der Waals surface area (Å²) in [5, 5.41) is 2.75. The summed E-state index contributed by atoms with van der Waals surface area (Å²) >= 11 is 0. The number of nitrogens with one attached hydrogen (secondary N) is 2. The number of rotatable bonds is 7. The molecule has 1 aliphatic carbocycles. The van der Waals surface area contributed by atoms with Crippen molar-refractivity contribution in [2.24, 2.45) is 5.92 Å². The first-order valence-corrected chi connectivity index (χ1v) is 11.3. The van der Waals surface area contributed by atoms with Crippen molar-refractivity contribution >= 4 is 27.3 Å². The van der Waals surface area contributed by atoms with Crippen LogP contribution in [-0.4, -0.2) is 21.4 Å². The summed E-state index contributed by atoms with van der Waals surface area (Å²) in [7, 11) is -2.63. The van der Waals surface area contributed by atoms with Crippen LogP contribution in [0.3, 0.4) is 0 Å². The van der Waals surface area contributed by atoms with Crippen molar-refractivity contribution in [1.82, 2.24) is 0 Å².